The maximum absolute atomic E-state index is 12.8. The summed E-state index contributed by atoms with van der Waals surface area (Å²) in [5.74, 6) is 0. The Morgan fingerprint density at radius 3 is 1.08 bits per heavy atom. The van der Waals surface area contributed by atoms with Gasteiger partial charge in [0.15, 0.2) is 6.29 Å². The first-order valence-electron chi connectivity index (χ1n) is 24.3. The molecule has 0 amide bonds. The summed E-state index contributed by atoms with van der Waals surface area (Å²) in [6, 6.07) is 70.0. The Labute approximate surface area is 421 Å². The molecule has 10 atom stereocenters. The first-order chi connectivity index (χ1) is 35.1. The van der Waals surface area contributed by atoms with Crippen LogP contribution in [0.3, 0.4) is 0 Å². The van der Waals surface area contributed by atoms with Crippen molar-refractivity contribution in [2.75, 3.05) is 13.2 Å². The summed E-state index contributed by atoms with van der Waals surface area (Å²) in [6.45, 7) is 2.03. The van der Waals surface area contributed by atoms with Crippen molar-refractivity contribution in [1.29, 1.82) is 0 Å². The molecule has 0 radical (unpaired) electrons. The van der Waals surface area contributed by atoms with Gasteiger partial charge in [-0.05, 0) is 45.5 Å². The van der Waals surface area contributed by atoms with Gasteiger partial charge >= 0.3 is 0 Å². The minimum absolute atomic E-state index is 0.118. The van der Waals surface area contributed by atoms with E-state index in [9.17, 15) is 5.11 Å². The first-order valence-corrected chi connectivity index (χ1v) is 25.2. The predicted octanol–water partition coefficient (Wildman–Crippen LogP) is 10.7. The summed E-state index contributed by atoms with van der Waals surface area (Å²) in [5.41, 5.74) is 5.22. The number of rotatable bonds is 24. The van der Waals surface area contributed by atoms with Crippen molar-refractivity contribution in [3.8, 4) is 0 Å². The van der Waals surface area contributed by atoms with Crippen LogP contribution in [0.2, 0.25) is 0 Å². The fourth-order valence-corrected chi connectivity index (χ4v) is 9.90. The summed E-state index contributed by atoms with van der Waals surface area (Å²) in [6.07, 6.45) is -7.96. The van der Waals surface area contributed by atoms with Gasteiger partial charge in [-0.2, -0.15) is 0 Å². The molecular formula is C60H62O10S. The zero-order valence-electron chi connectivity index (χ0n) is 39.7. The van der Waals surface area contributed by atoms with Crippen LogP contribution in [0.15, 0.2) is 217 Å². The Hall–Kier alpha value is -5.51. The SMILES string of the molecule is OC1[C@H](OC2[C@@H](OCc3ccccc3)[C@@H](OCc3ccccc3)C(COCc3ccccc3)O[C@H]2Sc2ccccc2)OC(COCc2ccccc2)[C@H](OCc2ccccc2)[C@@H]1OCc1ccccc1. The molecule has 1 N–H and O–H groups in total. The summed E-state index contributed by atoms with van der Waals surface area (Å²) in [5, 5.41) is 12.8. The summed E-state index contributed by atoms with van der Waals surface area (Å²) in [4.78, 5) is 0.955. The third-order valence-electron chi connectivity index (χ3n) is 12.4. The largest absolute Gasteiger partial charge is 0.385 e. The molecule has 4 unspecified atom stereocenters. The Balaban J connectivity index is 1.07. The summed E-state index contributed by atoms with van der Waals surface area (Å²) in [7, 11) is 0. The highest BCUT2D eigenvalue weighted by Gasteiger charge is 2.54. The van der Waals surface area contributed by atoms with Gasteiger partial charge in [0.05, 0.1) is 52.9 Å². The van der Waals surface area contributed by atoms with Crippen molar-refractivity contribution < 1.29 is 47.7 Å². The average molecular weight is 975 g/mol. The first kappa shape index (κ1) is 50.4. The van der Waals surface area contributed by atoms with Crippen molar-refractivity contribution in [3.63, 3.8) is 0 Å². The highest BCUT2D eigenvalue weighted by Crippen LogP contribution is 2.40. The van der Waals surface area contributed by atoms with E-state index in [1.54, 1.807) is 0 Å². The lowest BCUT2D eigenvalue weighted by atomic mass is 9.96. The van der Waals surface area contributed by atoms with E-state index in [4.69, 9.17) is 42.6 Å². The highest BCUT2D eigenvalue weighted by molar-refractivity contribution is 7.99. The van der Waals surface area contributed by atoms with Crippen LogP contribution in [0.4, 0.5) is 0 Å². The zero-order valence-corrected chi connectivity index (χ0v) is 40.5. The van der Waals surface area contributed by atoms with Crippen molar-refractivity contribution in [2.24, 2.45) is 0 Å². The second-order valence-electron chi connectivity index (χ2n) is 17.7. The third kappa shape index (κ3) is 14.8. The van der Waals surface area contributed by atoms with Gasteiger partial charge in [0, 0.05) is 4.90 Å². The smallest absolute Gasteiger partial charge is 0.187 e. The van der Waals surface area contributed by atoms with Crippen molar-refractivity contribution in [3.05, 3.63) is 246 Å². The quantitative estimate of drug-likeness (QED) is 0.0626. The zero-order chi connectivity index (χ0) is 48.3. The number of aliphatic hydroxyl groups excluding tert-OH is 1. The van der Waals surface area contributed by atoms with Crippen LogP contribution in [0.1, 0.15) is 33.4 Å². The molecule has 2 heterocycles. The number of hydrogen-bond donors (Lipinski definition) is 1. The normalized spacial score (nSPS) is 24.4. The van der Waals surface area contributed by atoms with Crippen LogP contribution in [0.25, 0.3) is 0 Å². The molecule has 368 valence electrons. The monoisotopic (exact) mass is 974 g/mol. The minimum atomic E-state index is -1.34. The standard InChI is InChI=1S/C60H62O10S/c61-53-56(66-40-48-30-16-5-17-31-48)54(64-38-46-26-12-3-13-27-46)51(42-62-36-44-22-8-1-9-23-44)68-59(53)70-58-57(67-41-49-32-18-6-19-33-49)55(65-39-47-28-14-4-15-29-47)52(43-63-37-45-24-10-2-11-25-45)69-60(58)71-50-34-20-7-21-35-50/h1-35,51-61H,36-43H2/t51?,52?,53?,54-,55-,56+,57-,58?,59-,60-/m0/s1. The van der Waals surface area contributed by atoms with Gasteiger partial charge in [0.25, 0.3) is 0 Å². The van der Waals surface area contributed by atoms with Crippen LogP contribution in [-0.2, 0) is 82.3 Å². The topological polar surface area (TPSA) is 103 Å². The van der Waals surface area contributed by atoms with Gasteiger partial charge in [-0.25, -0.2) is 0 Å². The van der Waals surface area contributed by atoms with E-state index in [-0.39, 0.29) is 39.6 Å². The van der Waals surface area contributed by atoms with E-state index in [1.807, 2.05) is 212 Å². The molecule has 0 spiro atoms. The van der Waals surface area contributed by atoms with Crippen LogP contribution >= 0.6 is 11.8 Å². The van der Waals surface area contributed by atoms with E-state index in [1.165, 1.54) is 11.8 Å². The lowest BCUT2D eigenvalue weighted by molar-refractivity contribution is -0.350. The lowest BCUT2D eigenvalue weighted by Gasteiger charge is -2.49. The second kappa shape index (κ2) is 26.8. The van der Waals surface area contributed by atoms with Gasteiger partial charge in [-0.3, -0.25) is 0 Å². The van der Waals surface area contributed by atoms with Crippen molar-refractivity contribution in [1.82, 2.24) is 0 Å². The van der Waals surface area contributed by atoms with Crippen LogP contribution < -0.4 is 0 Å². The van der Waals surface area contributed by atoms with E-state index in [0.29, 0.717) is 13.2 Å². The predicted molar refractivity (Wildman–Crippen MR) is 273 cm³/mol. The van der Waals surface area contributed by atoms with E-state index >= 15 is 0 Å². The third-order valence-corrected chi connectivity index (χ3v) is 13.6. The van der Waals surface area contributed by atoms with Crippen molar-refractivity contribution >= 4 is 11.8 Å². The summed E-state index contributed by atoms with van der Waals surface area (Å²) >= 11 is 1.51. The molecule has 0 aliphatic carbocycles. The van der Waals surface area contributed by atoms with Crippen molar-refractivity contribution in [2.45, 2.75) is 105 Å². The lowest BCUT2D eigenvalue weighted by Crippen LogP contribution is -2.65. The van der Waals surface area contributed by atoms with E-state index in [0.717, 1.165) is 38.3 Å². The maximum Gasteiger partial charge on any atom is 0.187 e. The molecular weight excluding hydrogens is 913 g/mol. The second-order valence-corrected chi connectivity index (χ2v) is 18.8. The molecule has 2 aliphatic rings. The number of aliphatic hydroxyl groups is 1. The average Bonchev–Trinajstić information content (AvgIpc) is 3.42. The van der Waals surface area contributed by atoms with E-state index < -0.39 is 60.6 Å². The molecule has 11 heteroatoms. The Kier molecular flexibility index (Phi) is 19.0. The highest BCUT2D eigenvalue weighted by atomic mass is 32.2. The number of benzene rings is 7. The molecule has 0 saturated carbocycles. The molecule has 0 aromatic heterocycles. The maximum atomic E-state index is 12.8. The Bertz CT molecular complexity index is 2530. The molecule has 2 aliphatic heterocycles. The molecule has 9 rings (SSSR count). The fraction of sp³-hybridized carbons (Fsp3) is 0.300. The molecule has 2 fully saturated rings. The van der Waals surface area contributed by atoms with Gasteiger partial charge < -0.3 is 47.7 Å². The molecule has 7 aromatic carbocycles. The van der Waals surface area contributed by atoms with Crippen LogP contribution in [-0.4, -0.2) is 78.9 Å². The van der Waals surface area contributed by atoms with Crippen LogP contribution in [0.5, 0.6) is 0 Å². The van der Waals surface area contributed by atoms with Gasteiger partial charge in [-0.1, -0.05) is 212 Å². The molecule has 7 aromatic rings. The molecule has 10 nitrogen and oxygen atoms in total. The Morgan fingerprint density at radius 1 is 0.352 bits per heavy atom. The number of thioether (sulfide) groups is 1. The van der Waals surface area contributed by atoms with Gasteiger partial charge in [0.1, 0.15) is 54.3 Å². The van der Waals surface area contributed by atoms with E-state index in [2.05, 4.69) is 0 Å². The number of ether oxygens (including phenoxy) is 9. The molecule has 2 saturated heterocycles. The molecule has 71 heavy (non-hydrogen) atoms. The van der Waals surface area contributed by atoms with Gasteiger partial charge in [-0.15, -0.1) is 0 Å². The minimum Gasteiger partial charge on any atom is -0.385 e. The van der Waals surface area contributed by atoms with Crippen LogP contribution in [0, 0.1) is 0 Å². The number of hydrogen-bond acceptors (Lipinski definition) is 11. The summed E-state index contributed by atoms with van der Waals surface area (Å²) < 4.78 is 61.8. The molecule has 0 bridgehead atoms. The fourth-order valence-electron chi connectivity index (χ4n) is 8.77. The van der Waals surface area contributed by atoms with Gasteiger partial charge in [0.2, 0.25) is 0 Å². The Morgan fingerprint density at radius 2 is 0.676 bits per heavy atom.